The van der Waals surface area contributed by atoms with Gasteiger partial charge in [-0.3, -0.25) is 0 Å². The van der Waals surface area contributed by atoms with Crippen LogP contribution >= 0.6 is 0 Å². The van der Waals surface area contributed by atoms with Crippen LogP contribution < -0.4 is 4.74 Å². The maximum atomic E-state index is 13.0. The van der Waals surface area contributed by atoms with Gasteiger partial charge in [0, 0.05) is 12.6 Å². The molecule has 0 heterocycles. The molecule has 3 rings (SSSR count). The maximum Gasteiger partial charge on any atom is 0.243 e. The fourth-order valence-corrected chi connectivity index (χ4v) is 4.85. The third kappa shape index (κ3) is 4.88. The van der Waals surface area contributed by atoms with Crippen molar-refractivity contribution in [3.63, 3.8) is 0 Å². The molecule has 0 radical (unpaired) electrons. The summed E-state index contributed by atoms with van der Waals surface area (Å²) < 4.78 is 33.3. The average Bonchev–Trinajstić information content (AvgIpc) is 3.45. The molecular formula is C21H24N2O3S. The minimum atomic E-state index is -3.55. The first-order valence-corrected chi connectivity index (χ1v) is 10.6. The van der Waals surface area contributed by atoms with Gasteiger partial charge in [-0.1, -0.05) is 6.07 Å². The van der Waals surface area contributed by atoms with Crippen LogP contribution in [0.1, 0.15) is 36.0 Å². The van der Waals surface area contributed by atoms with Crippen LogP contribution in [0.4, 0.5) is 0 Å². The van der Waals surface area contributed by atoms with E-state index in [0.29, 0.717) is 25.1 Å². The monoisotopic (exact) mass is 384 g/mol. The quantitative estimate of drug-likeness (QED) is 0.649. The number of nitriles is 1. The molecule has 0 atom stereocenters. The second kappa shape index (κ2) is 8.12. The van der Waals surface area contributed by atoms with E-state index in [0.717, 1.165) is 29.7 Å². The third-order valence-corrected chi connectivity index (χ3v) is 6.50. The zero-order valence-electron chi connectivity index (χ0n) is 15.7. The molecular weight excluding hydrogens is 360 g/mol. The van der Waals surface area contributed by atoms with Gasteiger partial charge in [0.05, 0.1) is 23.1 Å². The van der Waals surface area contributed by atoms with Crippen LogP contribution in [-0.4, -0.2) is 31.9 Å². The van der Waals surface area contributed by atoms with Gasteiger partial charge in [-0.2, -0.15) is 9.57 Å². The molecule has 0 amide bonds. The average molecular weight is 385 g/mol. The lowest BCUT2D eigenvalue weighted by Crippen LogP contribution is -2.34. The van der Waals surface area contributed by atoms with E-state index in [1.807, 2.05) is 32.0 Å². The van der Waals surface area contributed by atoms with Gasteiger partial charge in [0.2, 0.25) is 10.0 Å². The molecule has 1 saturated carbocycles. The summed E-state index contributed by atoms with van der Waals surface area (Å²) in [6.07, 6.45) is 2.42. The molecule has 1 fully saturated rings. The molecule has 1 aliphatic carbocycles. The molecule has 0 saturated heterocycles. The Morgan fingerprint density at radius 2 is 1.74 bits per heavy atom. The van der Waals surface area contributed by atoms with Gasteiger partial charge in [0.1, 0.15) is 5.75 Å². The number of hydrogen-bond donors (Lipinski definition) is 0. The van der Waals surface area contributed by atoms with Gasteiger partial charge in [-0.15, -0.1) is 0 Å². The van der Waals surface area contributed by atoms with Crippen molar-refractivity contribution in [2.24, 2.45) is 0 Å². The van der Waals surface area contributed by atoms with E-state index in [1.54, 1.807) is 16.4 Å². The third-order valence-electron chi connectivity index (χ3n) is 4.53. The van der Waals surface area contributed by atoms with Crippen molar-refractivity contribution in [2.45, 2.75) is 44.0 Å². The molecule has 2 aromatic rings. The Kier molecular flexibility index (Phi) is 5.83. The van der Waals surface area contributed by atoms with Crippen LogP contribution in [0.3, 0.4) is 0 Å². The van der Waals surface area contributed by atoms with E-state index in [4.69, 9.17) is 10.00 Å². The molecule has 5 nitrogen and oxygen atoms in total. The second-order valence-corrected chi connectivity index (χ2v) is 8.90. The highest BCUT2D eigenvalue weighted by Gasteiger charge is 2.37. The molecule has 1 aliphatic rings. The molecule has 0 unspecified atom stereocenters. The summed E-state index contributed by atoms with van der Waals surface area (Å²) in [6, 6.07) is 14.2. The van der Waals surface area contributed by atoms with Crippen molar-refractivity contribution >= 4 is 10.0 Å². The highest BCUT2D eigenvalue weighted by atomic mass is 32.2. The number of rotatable bonds is 8. The SMILES string of the molecule is Cc1cc(C)cc(OCCCN(C2CC2)S(=O)(=O)c2ccc(C#N)cc2)c1. The number of hydrogen-bond acceptors (Lipinski definition) is 4. The molecule has 0 aliphatic heterocycles. The Bertz CT molecular complexity index is 922. The molecule has 0 bridgehead atoms. The maximum absolute atomic E-state index is 13.0. The van der Waals surface area contributed by atoms with Crippen LogP contribution in [-0.2, 0) is 10.0 Å². The predicted octanol–water partition coefficient (Wildman–Crippen LogP) is 3.80. The largest absolute Gasteiger partial charge is 0.494 e. The Balaban J connectivity index is 1.62. The fourth-order valence-electron chi connectivity index (χ4n) is 3.12. The first-order chi connectivity index (χ1) is 12.9. The van der Waals surface area contributed by atoms with Crippen molar-refractivity contribution in [1.29, 1.82) is 5.26 Å². The minimum Gasteiger partial charge on any atom is -0.494 e. The van der Waals surface area contributed by atoms with Crippen LogP contribution in [0.25, 0.3) is 0 Å². The van der Waals surface area contributed by atoms with Gasteiger partial charge in [0.25, 0.3) is 0 Å². The first-order valence-electron chi connectivity index (χ1n) is 9.13. The molecule has 2 aromatic carbocycles. The highest BCUT2D eigenvalue weighted by molar-refractivity contribution is 7.89. The Labute approximate surface area is 161 Å². The lowest BCUT2D eigenvalue weighted by molar-refractivity contribution is 0.286. The van der Waals surface area contributed by atoms with E-state index in [2.05, 4.69) is 6.07 Å². The highest BCUT2D eigenvalue weighted by Crippen LogP contribution is 2.32. The predicted molar refractivity (Wildman–Crippen MR) is 104 cm³/mol. The molecule has 0 aromatic heterocycles. The smallest absolute Gasteiger partial charge is 0.243 e. The van der Waals surface area contributed by atoms with Crippen molar-refractivity contribution in [3.05, 3.63) is 59.2 Å². The molecule has 6 heteroatoms. The summed E-state index contributed by atoms with van der Waals surface area (Å²) in [6.45, 7) is 4.95. The number of ether oxygens (including phenoxy) is 1. The minimum absolute atomic E-state index is 0.0758. The number of sulfonamides is 1. The Morgan fingerprint density at radius 1 is 1.11 bits per heavy atom. The molecule has 0 spiro atoms. The van der Waals surface area contributed by atoms with E-state index in [9.17, 15) is 8.42 Å². The summed E-state index contributed by atoms with van der Waals surface area (Å²) in [5.74, 6) is 0.820. The topological polar surface area (TPSA) is 70.4 Å². The molecule has 27 heavy (non-hydrogen) atoms. The number of aryl methyl sites for hydroxylation is 2. The van der Waals surface area contributed by atoms with Gasteiger partial charge >= 0.3 is 0 Å². The van der Waals surface area contributed by atoms with Gasteiger partial charge in [0.15, 0.2) is 0 Å². The van der Waals surface area contributed by atoms with Gasteiger partial charge in [-0.25, -0.2) is 8.42 Å². The fraction of sp³-hybridized carbons (Fsp3) is 0.381. The molecule has 142 valence electrons. The van der Waals surface area contributed by atoms with Gasteiger partial charge in [-0.05, 0) is 80.6 Å². The Hall–Kier alpha value is -2.36. The summed E-state index contributed by atoms with van der Waals surface area (Å²) in [5, 5.41) is 8.89. The van der Waals surface area contributed by atoms with E-state index in [-0.39, 0.29) is 10.9 Å². The number of nitrogens with zero attached hydrogens (tertiary/aromatic N) is 2. The number of benzene rings is 2. The standard InChI is InChI=1S/C21H24N2O3S/c1-16-12-17(2)14-20(13-16)26-11-3-10-23(19-6-7-19)27(24,25)21-8-4-18(15-22)5-9-21/h4-5,8-9,12-14,19H,3,6-7,10-11H2,1-2H3. The summed E-state index contributed by atoms with van der Waals surface area (Å²) in [5.41, 5.74) is 2.75. The van der Waals surface area contributed by atoms with Gasteiger partial charge < -0.3 is 4.74 Å². The lowest BCUT2D eigenvalue weighted by Gasteiger charge is -2.22. The normalized spacial score (nSPS) is 14.1. The zero-order valence-corrected chi connectivity index (χ0v) is 16.5. The second-order valence-electron chi connectivity index (χ2n) is 7.01. The van der Waals surface area contributed by atoms with Crippen molar-refractivity contribution in [3.8, 4) is 11.8 Å². The molecule has 0 N–H and O–H groups in total. The van der Waals surface area contributed by atoms with Crippen LogP contribution in [0, 0.1) is 25.2 Å². The van der Waals surface area contributed by atoms with E-state index in [1.165, 1.54) is 12.1 Å². The lowest BCUT2D eigenvalue weighted by atomic mass is 10.1. The van der Waals surface area contributed by atoms with Crippen molar-refractivity contribution in [2.75, 3.05) is 13.2 Å². The van der Waals surface area contributed by atoms with E-state index >= 15 is 0 Å². The van der Waals surface area contributed by atoms with Crippen LogP contribution in [0.2, 0.25) is 0 Å². The Morgan fingerprint density at radius 3 is 2.30 bits per heavy atom. The van der Waals surface area contributed by atoms with Crippen LogP contribution in [0.5, 0.6) is 5.75 Å². The van der Waals surface area contributed by atoms with Crippen LogP contribution in [0.15, 0.2) is 47.4 Å². The van der Waals surface area contributed by atoms with Crippen molar-refractivity contribution in [1.82, 2.24) is 4.31 Å². The summed E-state index contributed by atoms with van der Waals surface area (Å²) in [4.78, 5) is 0.239. The zero-order chi connectivity index (χ0) is 19.4. The summed E-state index contributed by atoms with van der Waals surface area (Å²) in [7, 11) is -3.55. The van der Waals surface area contributed by atoms with Crippen molar-refractivity contribution < 1.29 is 13.2 Å². The first kappa shape index (κ1) is 19.4. The van der Waals surface area contributed by atoms with E-state index < -0.39 is 10.0 Å². The summed E-state index contributed by atoms with van der Waals surface area (Å²) >= 11 is 0.